The number of hydrogen-bond donors (Lipinski definition) is 1. The third-order valence-corrected chi connectivity index (χ3v) is 3.26. The van der Waals surface area contributed by atoms with Crippen molar-refractivity contribution in [3.8, 4) is 0 Å². The van der Waals surface area contributed by atoms with Gasteiger partial charge in [-0.2, -0.15) is 0 Å². The minimum absolute atomic E-state index is 0.637. The van der Waals surface area contributed by atoms with Crippen LogP contribution in [0.2, 0.25) is 0 Å². The summed E-state index contributed by atoms with van der Waals surface area (Å²) in [7, 11) is 2.14. The first-order valence-corrected chi connectivity index (χ1v) is 6.95. The van der Waals surface area contributed by atoms with E-state index in [-0.39, 0.29) is 0 Å². The van der Waals surface area contributed by atoms with Crippen LogP contribution in [0.25, 0.3) is 0 Å². The number of nitrogens with one attached hydrogen (secondary N) is 1. The molecule has 1 rings (SSSR count). The quantitative estimate of drug-likeness (QED) is 0.757. The lowest BCUT2D eigenvalue weighted by molar-refractivity contribution is 0.313. The first-order valence-electron chi connectivity index (χ1n) is 6.01. The van der Waals surface area contributed by atoms with Crippen LogP contribution in [-0.4, -0.2) is 36.1 Å². The van der Waals surface area contributed by atoms with Crippen LogP contribution in [0.15, 0.2) is 10.9 Å². The van der Waals surface area contributed by atoms with E-state index in [1.54, 1.807) is 11.3 Å². The summed E-state index contributed by atoms with van der Waals surface area (Å²) in [4.78, 5) is 6.59. The fourth-order valence-corrected chi connectivity index (χ4v) is 2.26. The molecule has 1 aromatic rings. The summed E-state index contributed by atoms with van der Waals surface area (Å²) in [6.07, 6.45) is 2.51. The van der Waals surface area contributed by atoms with Crippen molar-refractivity contribution in [1.82, 2.24) is 15.2 Å². The van der Waals surface area contributed by atoms with E-state index in [9.17, 15) is 0 Å². The Morgan fingerprint density at radius 1 is 1.56 bits per heavy atom. The molecule has 92 valence electrons. The Balaban J connectivity index is 2.08. The van der Waals surface area contributed by atoms with Crippen LogP contribution >= 0.6 is 11.3 Å². The average molecular weight is 241 g/mol. The van der Waals surface area contributed by atoms with Crippen molar-refractivity contribution in [3.05, 3.63) is 16.6 Å². The highest BCUT2D eigenvalue weighted by Gasteiger charge is 2.03. The number of rotatable bonds is 8. The van der Waals surface area contributed by atoms with Crippen molar-refractivity contribution in [2.75, 3.05) is 20.1 Å². The number of likely N-dealkylation sites (N-methyl/N-ethyl adjacent to an activating group) is 1. The van der Waals surface area contributed by atoms with Crippen LogP contribution in [0.1, 0.15) is 32.4 Å². The molecule has 0 aromatic carbocycles. The maximum Gasteiger partial charge on any atom is 0.0795 e. The summed E-state index contributed by atoms with van der Waals surface area (Å²) < 4.78 is 0. The fourth-order valence-electron chi connectivity index (χ4n) is 1.71. The lowest BCUT2D eigenvalue weighted by Crippen LogP contribution is -2.34. The predicted octanol–water partition coefficient (Wildman–Crippen LogP) is 2.35. The van der Waals surface area contributed by atoms with Gasteiger partial charge in [-0.3, -0.25) is 4.90 Å². The highest BCUT2D eigenvalue weighted by Crippen LogP contribution is 2.03. The van der Waals surface area contributed by atoms with E-state index in [1.807, 2.05) is 5.51 Å². The van der Waals surface area contributed by atoms with E-state index in [0.29, 0.717) is 6.04 Å². The van der Waals surface area contributed by atoms with Crippen LogP contribution < -0.4 is 5.32 Å². The van der Waals surface area contributed by atoms with Crippen LogP contribution in [0.3, 0.4) is 0 Å². The van der Waals surface area contributed by atoms with Crippen molar-refractivity contribution < 1.29 is 0 Å². The molecule has 4 heteroatoms. The normalized spacial score (nSPS) is 13.2. The van der Waals surface area contributed by atoms with Gasteiger partial charge in [0.25, 0.3) is 0 Å². The van der Waals surface area contributed by atoms with Crippen LogP contribution in [0, 0.1) is 0 Å². The van der Waals surface area contributed by atoms with E-state index in [2.05, 4.69) is 41.5 Å². The Morgan fingerprint density at radius 3 is 3.00 bits per heavy atom. The van der Waals surface area contributed by atoms with Crippen LogP contribution in [-0.2, 0) is 6.54 Å². The Kier molecular flexibility index (Phi) is 6.61. The Labute approximate surface area is 103 Å². The minimum Gasteiger partial charge on any atom is -0.313 e. The molecule has 0 aliphatic rings. The summed E-state index contributed by atoms with van der Waals surface area (Å²) in [5, 5.41) is 5.65. The molecule has 1 unspecified atom stereocenters. The minimum atomic E-state index is 0.637. The molecule has 0 bridgehead atoms. The SMILES string of the molecule is CCCC(C)NCCN(C)Cc1cscn1. The zero-order valence-electron chi connectivity index (χ0n) is 10.6. The highest BCUT2D eigenvalue weighted by atomic mass is 32.1. The number of nitrogens with zero attached hydrogens (tertiary/aromatic N) is 2. The number of aromatic nitrogens is 1. The molecule has 0 fully saturated rings. The molecule has 0 saturated heterocycles. The third kappa shape index (κ3) is 5.58. The van der Waals surface area contributed by atoms with E-state index in [1.165, 1.54) is 18.5 Å². The molecule has 0 saturated carbocycles. The maximum atomic E-state index is 4.29. The molecule has 0 amide bonds. The predicted molar refractivity (Wildman–Crippen MR) is 70.8 cm³/mol. The van der Waals surface area contributed by atoms with Crippen molar-refractivity contribution in [1.29, 1.82) is 0 Å². The molecule has 0 aliphatic heterocycles. The second-order valence-corrected chi connectivity index (χ2v) is 5.08. The lowest BCUT2D eigenvalue weighted by atomic mass is 10.2. The molecular formula is C12H23N3S. The average Bonchev–Trinajstić information content (AvgIpc) is 2.70. The second kappa shape index (κ2) is 7.76. The van der Waals surface area contributed by atoms with Gasteiger partial charge < -0.3 is 5.32 Å². The molecular weight excluding hydrogens is 218 g/mol. The number of thiazole rings is 1. The third-order valence-electron chi connectivity index (χ3n) is 2.62. The van der Waals surface area contributed by atoms with E-state index >= 15 is 0 Å². The molecule has 3 nitrogen and oxygen atoms in total. The van der Waals surface area contributed by atoms with Gasteiger partial charge >= 0.3 is 0 Å². The monoisotopic (exact) mass is 241 g/mol. The van der Waals surface area contributed by atoms with Gasteiger partial charge in [0.2, 0.25) is 0 Å². The van der Waals surface area contributed by atoms with Gasteiger partial charge in [0.05, 0.1) is 11.2 Å². The van der Waals surface area contributed by atoms with Crippen LogP contribution in [0.5, 0.6) is 0 Å². The van der Waals surface area contributed by atoms with Gasteiger partial charge in [-0.05, 0) is 20.4 Å². The molecule has 16 heavy (non-hydrogen) atoms. The largest absolute Gasteiger partial charge is 0.313 e. The van der Waals surface area contributed by atoms with Gasteiger partial charge in [0.15, 0.2) is 0 Å². The molecule has 1 N–H and O–H groups in total. The molecule has 0 radical (unpaired) electrons. The second-order valence-electron chi connectivity index (χ2n) is 4.36. The highest BCUT2D eigenvalue weighted by molar-refractivity contribution is 7.07. The molecule has 1 aromatic heterocycles. The molecule has 0 spiro atoms. The van der Waals surface area contributed by atoms with Crippen molar-refractivity contribution in [3.63, 3.8) is 0 Å². The summed E-state index contributed by atoms with van der Waals surface area (Å²) in [6, 6.07) is 0.637. The lowest BCUT2D eigenvalue weighted by Gasteiger charge is -2.18. The van der Waals surface area contributed by atoms with E-state index < -0.39 is 0 Å². The van der Waals surface area contributed by atoms with Crippen molar-refractivity contribution in [2.45, 2.75) is 39.3 Å². The molecule has 1 heterocycles. The van der Waals surface area contributed by atoms with Crippen molar-refractivity contribution >= 4 is 11.3 Å². The van der Waals surface area contributed by atoms with E-state index in [4.69, 9.17) is 0 Å². The van der Waals surface area contributed by atoms with E-state index in [0.717, 1.165) is 19.6 Å². The summed E-state index contributed by atoms with van der Waals surface area (Å²) in [5.74, 6) is 0. The summed E-state index contributed by atoms with van der Waals surface area (Å²) in [5.41, 5.74) is 3.07. The summed E-state index contributed by atoms with van der Waals surface area (Å²) in [6.45, 7) is 7.57. The van der Waals surface area contributed by atoms with Gasteiger partial charge in [0.1, 0.15) is 0 Å². The first kappa shape index (κ1) is 13.6. The van der Waals surface area contributed by atoms with Gasteiger partial charge in [-0.1, -0.05) is 13.3 Å². The van der Waals surface area contributed by atoms with Crippen LogP contribution in [0.4, 0.5) is 0 Å². The topological polar surface area (TPSA) is 28.2 Å². The first-order chi connectivity index (χ1) is 7.72. The van der Waals surface area contributed by atoms with Gasteiger partial charge in [0, 0.05) is 31.1 Å². The Morgan fingerprint density at radius 2 is 2.38 bits per heavy atom. The van der Waals surface area contributed by atoms with Gasteiger partial charge in [-0.25, -0.2) is 4.98 Å². The van der Waals surface area contributed by atoms with Gasteiger partial charge in [-0.15, -0.1) is 11.3 Å². The molecule has 1 atom stereocenters. The molecule has 0 aliphatic carbocycles. The standard InChI is InChI=1S/C12H23N3S/c1-4-5-11(2)13-6-7-15(3)8-12-9-16-10-14-12/h9-11,13H,4-8H2,1-3H3. The fraction of sp³-hybridized carbons (Fsp3) is 0.750. The summed E-state index contributed by atoms with van der Waals surface area (Å²) >= 11 is 1.66. The van der Waals surface area contributed by atoms with Crippen molar-refractivity contribution in [2.24, 2.45) is 0 Å². The smallest absolute Gasteiger partial charge is 0.0795 e. The maximum absolute atomic E-state index is 4.29. The Hall–Kier alpha value is -0.450. The number of hydrogen-bond acceptors (Lipinski definition) is 4. The zero-order chi connectivity index (χ0) is 11.8. The zero-order valence-corrected chi connectivity index (χ0v) is 11.4. The Bertz CT molecular complexity index is 261.